The van der Waals surface area contributed by atoms with E-state index in [-0.39, 0.29) is 12.0 Å². The van der Waals surface area contributed by atoms with Gasteiger partial charge < -0.3 is 5.32 Å². The van der Waals surface area contributed by atoms with Crippen molar-refractivity contribution in [2.75, 3.05) is 5.32 Å². The van der Waals surface area contributed by atoms with E-state index in [9.17, 15) is 13.2 Å². The molecule has 4 rings (SSSR count). The van der Waals surface area contributed by atoms with Gasteiger partial charge in [-0.2, -0.15) is 13.2 Å². The molecule has 0 aromatic carbocycles. The number of nitrogens with zero attached hydrogens (tertiary/aromatic N) is 4. The van der Waals surface area contributed by atoms with Crippen molar-refractivity contribution < 1.29 is 13.2 Å². The number of fused-ring (bicyclic) bond motifs is 1. The van der Waals surface area contributed by atoms with Crippen molar-refractivity contribution in [3.05, 3.63) is 52.5 Å². The summed E-state index contributed by atoms with van der Waals surface area (Å²) in [6, 6.07) is 6.44. The number of pyridine rings is 2. The van der Waals surface area contributed by atoms with Gasteiger partial charge in [0.05, 0.1) is 5.56 Å². The monoisotopic (exact) mass is 439 g/mol. The summed E-state index contributed by atoms with van der Waals surface area (Å²) in [6.45, 7) is 0. The molecule has 0 amide bonds. The highest BCUT2D eigenvalue weighted by Gasteiger charge is 2.31. The second-order valence-electron chi connectivity index (χ2n) is 6.77. The van der Waals surface area contributed by atoms with Crippen LogP contribution >= 0.6 is 15.9 Å². The summed E-state index contributed by atoms with van der Waals surface area (Å²) in [4.78, 5) is 3.92. The molecule has 0 unspecified atom stereocenters. The van der Waals surface area contributed by atoms with Crippen LogP contribution in [0.1, 0.15) is 43.0 Å². The van der Waals surface area contributed by atoms with Crippen molar-refractivity contribution in [2.24, 2.45) is 0 Å². The van der Waals surface area contributed by atoms with E-state index in [1.807, 2.05) is 22.7 Å². The van der Waals surface area contributed by atoms with Crippen LogP contribution in [0.3, 0.4) is 0 Å². The van der Waals surface area contributed by atoms with Gasteiger partial charge in [-0.15, -0.1) is 10.2 Å². The minimum absolute atomic E-state index is 0.135. The molecule has 0 aliphatic heterocycles. The van der Waals surface area contributed by atoms with E-state index in [1.54, 1.807) is 0 Å². The Morgan fingerprint density at radius 1 is 1.15 bits per heavy atom. The van der Waals surface area contributed by atoms with Crippen molar-refractivity contribution >= 4 is 27.4 Å². The van der Waals surface area contributed by atoms with Crippen LogP contribution in [0.25, 0.3) is 5.65 Å². The molecule has 0 bridgehead atoms. The Balaban J connectivity index is 1.48. The maximum Gasteiger partial charge on any atom is 0.417 e. The lowest BCUT2D eigenvalue weighted by Gasteiger charge is -2.29. The van der Waals surface area contributed by atoms with Gasteiger partial charge in [-0.25, -0.2) is 4.98 Å². The quantitative estimate of drug-likeness (QED) is 0.620. The Labute approximate surface area is 162 Å². The van der Waals surface area contributed by atoms with Crippen molar-refractivity contribution in [3.63, 3.8) is 0 Å². The lowest BCUT2D eigenvalue weighted by molar-refractivity contribution is -0.137. The zero-order chi connectivity index (χ0) is 19.0. The number of anilines is 1. The number of nitrogens with one attached hydrogen (secondary N) is 1. The standard InChI is InChI=1S/C18H17BrF3N5/c19-13-6-7-27-16(9-13)25-26-17(27)11-2-1-3-14(8-11)24-15-5-4-12(10-23-15)18(20,21)22/h4-7,9-11,14H,1-3,8H2,(H,23,24)/t11-,14+/m0/s1. The number of hydrogen-bond acceptors (Lipinski definition) is 4. The maximum atomic E-state index is 12.7. The van der Waals surface area contributed by atoms with E-state index in [0.29, 0.717) is 5.82 Å². The fourth-order valence-corrected chi connectivity index (χ4v) is 3.90. The zero-order valence-corrected chi connectivity index (χ0v) is 15.8. The first kappa shape index (κ1) is 18.2. The third kappa shape index (κ3) is 3.92. The molecule has 3 aromatic rings. The molecule has 3 heterocycles. The van der Waals surface area contributed by atoms with E-state index in [2.05, 4.69) is 36.4 Å². The molecule has 1 N–H and O–H groups in total. The van der Waals surface area contributed by atoms with Crippen molar-refractivity contribution in [1.29, 1.82) is 0 Å². The number of rotatable bonds is 3. The Kier molecular flexibility index (Phi) is 4.79. The Morgan fingerprint density at radius 2 is 2.00 bits per heavy atom. The largest absolute Gasteiger partial charge is 0.417 e. The topological polar surface area (TPSA) is 55.1 Å². The van der Waals surface area contributed by atoms with Crippen LogP contribution in [-0.4, -0.2) is 25.6 Å². The molecule has 1 aliphatic carbocycles. The lowest BCUT2D eigenvalue weighted by atomic mass is 9.85. The molecule has 9 heteroatoms. The van der Waals surface area contributed by atoms with Crippen LogP contribution in [0.5, 0.6) is 0 Å². The second kappa shape index (κ2) is 7.10. The summed E-state index contributed by atoms with van der Waals surface area (Å²) in [7, 11) is 0. The molecule has 0 radical (unpaired) electrons. The molecule has 1 aliphatic rings. The van der Waals surface area contributed by atoms with Gasteiger partial charge in [0.1, 0.15) is 11.6 Å². The number of aromatic nitrogens is 4. The summed E-state index contributed by atoms with van der Waals surface area (Å²) in [6.07, 6.45) is 2.24. The minimum Gasteiger partial charge on any atom is -0.367 e. The first-order valence-electron chi connectivity index (χ1n) is 8.70. The third-order valence-electron chi connectivity index (χ3n) is 4.88. The average Bonchev–Trinajstić information content (AvgIpc) is 3.04. The molecule has 1 fully saturated rings. The maximum absolute atomic E-state index is 12.7. The first-order chi connectivity index (χ1) is 12.9. The van der Waals surface area contributed by atoms with Gasteiger partial charge in [0.15, 0.2) is 5.65 Å². The summed E-state index contributed by atoms with van der Waals surface area (Å²) in [5.41, 5.74) is 0.0505. The number of hydrogen-bond donors (Lipinski definition) is 1. The molecule has 3 aromatic heterocycles. The van der Waals surface area contributed by atoms with Gasteiger partial charge in [0, 0.05) is 28.8 Å². The fourth-order valence-electron chi connectivity index (χ4n) is 3.57. The number of alkyl halides is 3. The highest BCUT2D eigenvalue weighted by Crippen LogP contribution is 2.34. The van der Waals surface area contributed by atoms with Crippen LogP contribution in [0, 0.1) is 0 Å². The van der Waals surface area contributed by atoms with Crippen LogP contribution in [-0.2, 0) is 6.18 Å². The predicted molar refractivity (Wildman–Crippen MR) is 98.5 cm³/mol. The molecule has 0 spiro atoms. The normalized spacial score (nSPS) is 20.7. The average molecular weight is 440 g/mol. The van der Waals surface area contributed by atoms with E-state index < -0.39 is 11.7 Å². The smallest absolute Gasteiger partial charge is 0.367 e. The Bertz CT molecular complexity index is 938. The predicted octanol–water partition coefficient (Wildman–Crippen LogP) is 5.04. The molecule has 142 valence electrons. The van der Waals surface area contributed by atoms with Crippen molar-refractivity contribution in [2.45, 2.75) is 43.8 Å². The van der Waals surface area contributed by atoms with Gasteiger partial charge in [-0.3, -0.25) is 4.40 Å². The lowest BCUT2D eigenvalue weighted by Crippen LogP contribution is -2.27. The third-order valence-corrected chi connectivity index (χ3v) is 5.37. The molecular formula is C18H17BrF3N5. The molecule has 0 saturated heterocycles. The second-order valence-corrected chi connectivity index (χ2v) is 7.68. The van der Waals surface area contributed by atoms with Gasteiger partial charge in [-0.05, 0) is 43.5 Å². The van der Waals surface area contributed by atoms with Crippen LogP contribution in [0.2, 0.25) is 0 Å². The van der Waals surface area contributed by atoms with E-state index in [4.69, 9.17) is 0 Å². The summed E-state index contributed by atoms with van der Waals surface area (Å²) in [5, 5.41) is 11.9. The highest BCUT2D eigenvalue weighted by molar-refractivity contribution is 9.10. The number of halogens is 4. The van der Waals surface area contributed by atoms with Crippen LogP contribution in [0.15, 0.2) is 41.1 Å². The van der Waals surface area contributed by atoms with E-state index >= 15 is 0 Å². The summed E-state index contributed by atoms with van der Waals surface area (Å²) < 4.78 is 40.9. The minimum atomic E-state index is -4.37. The molecule has 2 atom stereocenters. The first-order valence-corrected chi connectivity index (χ1v) is 9.49. The Hall–Kier alpha value is -2.16. The van der Waals surface area contributed by atoms with Crippen LogP contribution < -0.4 is 5.32 Å². The zero-order valence-electron chi connectivity index (χ0n) is 14.2. The van der Waals surface area contributed by atoms with Gasteiger partial charge in [-0.1, -0.05) is 22.4 Å². The van der Waals surface area contributed by atoms with Gasteiger partial charge in [0.2, 0.25) is 0 Å². The van der Waals surface area contributed by atoms with Gasteiger partial charge in [0.25, 0.3) is 0 Å². The van der Waals surface area contributed by atoms with Gasteiger partial charge >= 0.3 is 6.18 Å². The summed E-state index contributed by atoms with van der Waals surface area (Å²) in [5.74, 6) is 1.62. The molecule has 5 nitrogen and oxygen atoms in total. The molecule has 1 saturated carbocycles. The van der Waals surface area contributed by atoms with Crippen molar-refractivity contribution in [1.82, 2.24) is 19.6 Å². The van der Waals surface area contributed by atoms with Crippen molar-refractivity contribution in [3.8, 4) is 0 Å². The SMILES string of the molecule is FC(F)(F)c1ccc(N[C@@H]2CCC[C@H](c3nnc4cc(Br)ccn34)C2)nc1. The van der Waals surface area contributed by atoms with E-state index in [1.165, 1.54) is 6.07 Å². The molecular weight excluding hydrogens is 423 g/mol. The molecule has 27 heavy (non-hydrogen) atoms. The van der Waals surface area contributed by atoms with Crippen LogP contribution in [0.4, 0.5) is 19.0 Å². The Morgan fingerprint density at radius 3 is 2.74 bits per heavy atom. The highest BCUT2D eigenvalue weighted by atomic mass is 79.9. The fraction of sp³-hybridized carbons (Fsp3) is 0.389. The van der Waals surface area contributed by atoms with E-state index in [0.717, 1.165) is 53.9 Å². The summed E-state index contributed by atoms with van der Waals surface area (Å²) >= 11 is 3.43.